The Morgan fingerprint density at radius 1 is 1.00 bits per heavy atom. The van der Waals surface area contributed by atoms with E-state index in [0.29, 0.717) is 5.56 Å². The molecule has 1 aromatic rings. The van der Waals surface area contributed by atoms with Gasteiger partial charge in [-0.3, -0.25) is 19.3 Å². The molecule has 1 aromatic carbocycles. The van der Waals surface area contributed by atoms with Gasteiger partial charge in [0.25, 0.3) is 17.7 Å². The second-order valence-corrected chi connectivity index (χ2v) is 7.66. The Labute approximate surface area is 156 Å². The molecule has 142 valence electrons. The fraction of sp³-hybridized carbons (Fsp3) is 0.500. The molecule has 1 atom stereocenters. The highest BCUT2D eigenvalue weighted by atomic mass is 16.4. The van der Waals surface area contributed by atoms with E-state index in [-0.39, 0.29) is 34.9 Å². The van der Waals surface area contributed by atoms with Crippen LogP contribution in [0.1, 0.15) is 76.0 Å². The Hall–Kier alpha value is -2.70. The number of amides is 3. The van der Waals surface area contributed by atoms with Crippen molar-refractivity contribution in [3.8, 4) is 0 Å². The summed E-state index contributed by atoms with van der Waals surface area (Å²) in [5.74, 6) is -2.27. The summed E-state index contributed by atoms with van der Waals surface area (Å²) >= 11 is 0. The predicted molar refractivity (Wildman–Crippen MR) is 95.4 cm³/mol. The van der Waals surface area contributed by atoms with Gasteiger partial charge in [0.1, 0.15) is 6.04 Å². The third-order valence-electron chi connectivity index (χ3n) is 5.77. The number of hydrogen-bond acceptors (Lipinski definition) is 4. The topological polar surface area (TPSA) is 104 Å². The monoisotopic (exact) mass is 370 g/mol. The molecular formula is C20H22N2O5. The summed E-state index contributed by atoms with van der Waals surface area (Å²) in [6.07, 6.45) is 6.33. The van der Waals surface area contributed by atoms with Crippen molar-refractivity contribution in [3.05, 3.63) is 34.9 Å². The van der Waals surface area contributed by atoms with Crippen molar-refractivity contribution in [3.63, 3.8) is 0 Å². The maximum Gasteiger partial charge on any atom is 0.326 e. The lowest BCUT2D eigenvalue weighted by Gasteiger charge is -2.29. The number of carbonyl (C=O) groups excluding carboxylic acids is 3. The van der Waals surface area contributed by atoms with Gasteiger partial charge in [0.2, 0.25) is 0 Å². The molecule has 2 N–H and O–H groups in total. The molecule has 7 nitrogen and oxygen atoms in total. The average molecular weight is 370 g/mol. The Morgan fingerprint density at radius 2 is 1.67 bits per heavy atom. The minimum Gasteiger partial charge on any atom is -0.480 e. The van der Waals surface area contributed by atoms with Crippen molar-refractivity contribution >= 4 is 23.7 Å². The van der Waals surface area contributed by atoms with Crippen LogP contribution in [0.15, 0.2) is 18.2 Å². The van der Waals surface area contributed by atoms with Gasteiger partial charge in [-0.2, -0.15) is 0 Å². The van der Waals surface area contributed by atoms with Gasteiger partial charge < -0.3 is 10.4 Å². The maximum absolute atomic E-state index is 12.8. The van der Waals surface area contributed by atoms with Crippen LogP contribution in [0.3, 0.4) is 0 Å². The number of aliphatic carboxylic acids is 1. The zero-order valence-corrected chi connectivity index (χ0v) is 14.9. The van der Waals surface area contributed by atoms with Crippen LogP contribution in [-0.4, -0.2) is 45.8 Å². The van der Waals surface area contributed by atoms with E-state index in [9.17, 15) is 24.3 Å². The van der Waals surface area contributed by atoms with Crippen molar-refractivity contribution in [2.45, 2.75) is 57.0 Å². The number of imide groups is 1. The molecule has 2 saturated carbocycles. The fourth-order valence-electron chi connectivity index (χ4n) is 4.11. The molecule has 1 heterocycles. The quantitative estimate of drug-likeness (QED) is 0.774. The van der Waals surface area contributed by atoms with E-state index in [4.69, 9.17) is 0 Å². The Bertz CT molecular complexity index is 824. The van der Waals surface area contributed by atoms with Crippen molar-refractivity contribution in [2.24, 2.45) is 5.92 Å². The highest BCUT2D eigenvalue weighted by Gasteiger charge is 2.41. The summed E-state index contributed by atoms with van der Waals surface area (Å²) in [6, 6.07) is 3.41. The smallest absolute Gasteiger partial charge is 0.326 e. The predicted octanol–water partition coefficient (Wildman–Crippen LogP) is 2.21. The summed E-state index contributed by atoms with van der Waals surface area (Å²) in [5, 5.41) is 11.8. The molecular weight excluding hydrogens is 348 g/mol. The number of carbonyl (C=O) groups is 4. The summed E-state index contributed by atoms with van der Waals surface area (Å²) in [4.78, 5) is 50.6. The minimum absolute atomic E-state index is 0.0362. The molecule has 0 bridgehead atoms. The van der Waals surface area contributed by atoms with Crippen molar-refractivity contribution in [2.75, 3.05) is 0 Å². The molecule has 0 saturated heterocycles. The van der Waals surface area contributed by atoms with E-state index in [2.05, 4.69) is 5.32 Å². The highest BCUT2D eigenvalue weighted by molar-refractivity contribution is 6.22. The molecule has 0 radical (unpaired) electrons. The molecule has 3 aliphatic rings. The first kappa shape index (κ1) is 17.7. The number of nitrogens with zero attached hydrogens (tertiary/aromatic N) is 1. The van der Waals surface area contributed by atoms with Gasteiger partial charge in [0.05, 0.1) is 11.1 Å². The van der Waals surface area contributed by atoms with Crippen molar-refractivity contribution < 1.29 is 24.3 Å². The number of rotatable bonds is 5. The van der Waals surface area contributed by atoms with E-state index in [1.54, 1.807) is 0 Å². The molecule has 7 heteroatoms. The van der Waals surface area contributed by atoms with Gasteiger partial charge in [-0.15, -0.1) is 0 Å². The van der Waals surface area contributed by atoms with Gasteiger partial charge >= 0.3 is 5.97 Å². The summed E-state index contributed by atoms with van der Waals surface area (Å²) in [6.45, 7) is 0. The Kier molecular flexibility index (Phi) is 4.45. The second kappa shape index (κ2) is 6.79. The largest absolute Gasteiger partial charge is 0.480 e. The Morgan fingerprint density at radius 3 is 2.30 bits per heavy atom. The molecule has 27 heavy (non-hydrogen) atoms. The number of nitrogens with one attached hydrogen (secondary N) is 1. The average Bonchev–Trinajstić information content (AvgIpc) is 3.47. The zero-order valence-electron chi connectivity index (χ0n) is 14.9. The van der Waals surface area contributed by atoms with Crippen LogP contribution >= 0.6 is 0 Å². The van der Waals surface area contributed by atoms with E-state index in [1.807, 2.05) is 0 Å². The van der Waals surface area contributed by atoms with E-state index >= 15 is 0 Å². The summed E-state index contributed by atoms with van der Waals surface area (Å²) < 4.78 is 0. The van der Waals surface area contributed by atoms with Crippen LogP contribution in [0.4, 0.5) is 0 Å². The van der Waals surface area contributed by atoms with E-state index in [0.717, 1.165) is 44.9 Å². The SMILES string of the molecule is O=C(NC(C(=O)O)C1CC1)c1ccc2c(c1)C(=O)N(C1CCCCC1)C2=O. The third-order valence-corrected chi connectivity index (χ3v) is 5.77. The molecule has 0 aromatic heterocycles. The van der Waals surface area contributed by atoms with E-state index < -0.39 is 17.9 Å². The van der Waals surface area contributed by atoms with Gasteiger partial charge in [-0.05, 0) is 49.8 Å². The first-order valence-electron chi connectivity index (χ1n) is 9.53. The van der Waals surface area contributed by atoms with Crippen LogP contribution in [0.25, 0.3) is 0 Å². The van der Waals surface area contributed by atoms with Gasteiger partial charge in [0.15, 0.2) is 0 Å². The molecule has 2 aliphatic carbocycles. The van der Waals surface area contributed by atoms with Gasteiger partial charge in [-0.1, -0.05) is 19.3 Å². The fourth-order valence-corrected chi connectivity index (χ4v) is 4.11. The summed E-state index contributed by atoms with van der Waals surface area (Å²) in [5.41, 5.74) is 0.753. The molecule has 1 aliphatic heterocycles. The van der Waals surface area contributed by atoms with E-state index in [1.165, 1.54) is 23.1 Å². The molecule has 1 unspecified atom stereocenters. The Balaban J connectivity index is 1.55. The van der Waals surface area contributed by atoms with Crippen LogP contribution in [0, 0.1) is 5.92 Å². The van der Waals surface area contributed by atoms with Crippen LogP contribution in [0.2, 0.25) is 0 Å². The normalized spacial score (nSPS) is 21.1. The lowest BCUT2D eigenvalue weighted by molar-refractivity contribution is -0.139. The van der Waals surface area contributed by atoms with Crippen LogP contribution in [-0.2, 0) is 4.79 Å². The highest BCUT2D eigenvalue weighted by Crippen LogP contribution is 2.34. The lowest BCUT2D eigenvalue weighted by atomic mass is 9.94. The number of benzene rings is 1. The number of hydrogen-bond donors (Lipinski definition) is 2. The second-order valence-electron chi connectivity index (χ2n) is 7.66. The maximum atomic E-state index is 12.8. The number of fused-ring (bicyclic) bond motifs is 1. The third kappa shape index (κ3) is 3.22. The van der Waals surface area contributed by atoms with Crippen molar-refractivity contribution in [1.29, 1.82) is 0 Å². The first-order chi connectivity index (χ1) is 13.0. The van der Waals surface area contributed by atoms with Crippen molar-refractivity contribution in [1.82, 2.24) is 10.2 Å². The molecule has 4 rings (SSSR count). The lowest BCUT2D eigenvalue weighted by Crippen LogP contribution is -2.42. The standard InChI is InChI=1S/C20H22N2O5/c23-17(21-16(20(26)27)11-6-7-11)12-8-9-14-15(10-12)19(25)22(18(14)24)13-4-2-1-3-5-13/h8-11,13,16H,1-7H2,(H,21,23)(H,26,27). The zero-order chi connectivity index (χ0) is 19.1. The number of carboxylic acids is 1. The van der Waals surface area contributed by atoms with Crippen LogP contribution < -0.4 is 5.32 Å². The minimum atomic E-state index is -1.05. The molecule has 0 spiro atoms. The van der Waals surface area contributed by atoms with Gasteiger partial charge in [0, 0.05) is 11.6 Å². The van der Waals surface area contributed by atoms with Gasteiger partial charge in [-0.25, -0.2) is 4.79 Å². The first-order valence-corrected chi connectivity index (χ1v) is 9.53. The number of carboxylic acid groups (broad SMARTS) is 1. The molecule has 2 fully saturated rings. The van der Waals surface area contributed by atoms with Crippen LogP contribution in [0.5, 0.6) is 0 Å². The summed E-state index contributed by atoms with van der Waals surface area (Å²) in [7, 11) is 0. The molecule has 3 amide bonds.